The van der Waals surface area contributed by atoms with E-state index in [0.717, 1.165) is 11.1 Å². The van der Waals surface area contributed by atoms with Crippen LogP contribution in [0.1, 0.15) is 52.7 Å². The van der Waals surface area contributed by atoms with Crippen LogP contribution in [-0.2, 0) is 10.8 Å². The van der Waals surface area contributed by atoms with Gasteiger partial charge < -0.3 is 10.2 Å². The van der Waals surface area contributed by atoms with Gasteiger partial charge in [0, 0.05) is 5.56 Å². The van der Waals surface area contributed by atoms with Crippen LogP contribution in [0.3, 0.4) is 0 Å². The lowest BCUT2D eigenvalue weighted by Crippen LogP contribution is -2.11. The maximum Gasteiger partial charge on any atom is 0.165 e. The molecule has 2 N–H and O–H groups in total. The van der Waals surface area contributed by atoms with Gasteiger partial charge in [0.1, 0.15) is 0 Å². The quantitative estimate of drug-likeness (QED) is 0.696. The molecule has 0 unspecified atom stereocenters. The van der Waals surface area contributed by atoms with Crippen LogP contribution in [0.4, 0.5) is 0 Å². The molecule has 0 atom stereocenters. The summed E-state index contributed by atoms with van der Waals surface area (Å²) in [5.41, 5.74) is 3.74. The molecule has 22 heavy (non-hydrogen) atoms. The highest BCUT2D eigenvalue weighted by molar-refractivity contribution is 5.75. The van der Waals surface area contributed by atoms with Gasteiger partial charge in [0.2, 0.25) is 0 Å². The molecule has 0 amide bonds. The van der Waals surface area contributed by atoms with Crippen molar-refractivity contribution < 1.29 is 10.2 Å². The average molecular weight is 298 g/mol. The van der Waals surface area contributed by atoms with Crippen LogP contribution in [0.5, 0.6) is 11.5 Å². The summed E-state index contributed by atoms with van der Waals surface area (Å²) in [6.45, 7) is 12.8. The summed E-state index contributed by atoms with van der Waals surface area (Å²) >= 11 is 0. The molecule has 0 aliphatic carbocycles. The molecule has 0 aromatic heterocycles. The third-order valence-corrected chi connectivity index (χ3v) is 4.00. The zero-order valence-corrected chi connectivity index (χ0v) is 14.4. The summed E-state index contributed by atoms with van der Waals surface area (Å²) in [4.78, 5) is 0. The van der Waals surface area contributed by atoms with E-state index in [1.807, 2.05) is 18.2 Å². The van der Waals surface area contributed by atoms with Gasteiger partial charge in [-0.3, -0.25) is 0 Å². The first-order chi connectivity index (χ1) is 10.00. The van der Waals surface area contributed by atoms with Crippen LogP contribution in [-0.4, -0.2) is 10.2 Å². The third-order valence-electron chi connectivity index (χ3n) is 4.00. The zero-order valence-electron chi connectivity index (χ0n) is 14.4. The van der Waals surface area contributed by atoms with Crippen LogP contribution in [0.15, 0.2) is 36.4 Å². The van der Waals surface area contributed by atoms with Crippen LogP contribution < -0.4 is 0 Å². The van der Waals surface area contributed by atoms with Gasteiger partial charge in [0.25, 0.3) is 0 Å². The largest absolute Gasteiger partial charge is 0.504 e. The highest BCUT2D eigenvalue weighted by atomic mass is 16.3. The second-order valence-corrected chi connectivity index (χ2v) is 7.97. The van der Waals surface area contributed by atoms with E-state index in [0.29, 0.717) is 5.56 Å². The minimum absolute atomic E-state index is 0.0370. The van der Waals surface area contributed by atoms with Crippen molar-refractivity contribution in [2.75, 3.05) is 0 Å². The summed E-state index contributed by atoms with van der Waals surface area (Å²) in [6, 6.07) is 11.8. The molecular formula is C20H26O2. The van der Waals surface area contributed by atoms with Crippen molar-refractivity contribution in [1.82, 2.24) is 0 Å². The lowest BCUT2D eigenvalue weighted by atomic mass is 9.83. The second-order valence-electron chi connectivity index (χ2n) is 7.97. The standard InChI is InChI=1S/C20H26O2/c1-19(2,3)14-9-7-8-13(10-14)16-11-15(20(4,5)6)12-17(21)18(16)22/h7-12,21-22H,1-6H3. The minimum Gasteiger partial charge on any atom is -0.504 e. The summed E-state index contributed by atoms with van der Waals surface area (Å²) in [5, 5.41) is 20.4. The summed E-state index contributed by atoms with van der Waals surface area (Å²) in [6.07, 6.45) is 0. The number of rotatable bonds is 1. The average Bonchev–Trinajstić information content (AvgIpc) is 2.39. The van der Waals surface area contributed by atoms with Gasteiger partial charge in [-0.1, -0.05) is 65.8 Å². The molecule has 2 rings (SSSR count). The van der Waals surface area contributed by atoms with E-state index in [-0.39, 0.29) is 22.3 Å². The van der Waals surface area contributed by atoms with E-state index in [1.54, 1.807) is 6.07 Å². The van der Waals surface area contributed by atoms with Crippen LogP contribution >= 0.6 is 0 Å². The lowest BCUT2D eigenvalue weighted by molar-refractivity contribution is 0.403. The van der Waals surface area contributed by atoms with E-state index in [1.165, 1.54) is 5.56 Å². The number of hydrogen-bond donors (Lipinski definition) is 2. The molecule has 0 fully saturated rings. The normalized spacial score (nSPS) is 12.5. The molecule has 0 saturated carbocycles. The molecule has 2 aromatic carbocycles. The molecule has 2 nitrogen and oxygen atoms in total. The van der Waals surface area contributed by atoms with E-state index in [4.69, 9.17) is 0 Å². The monoisotopic (exact) mass is 298 g/mol. The Bertz CT molecular complexity index is 686. The first kappa shape index (κ1) is 16.4. The van der Waals surface area contributed by atoms with E-state index in [9.17, 15) is 10.2 Å². The number of hydrogen-bond acceptors (Lipinski definition) is 2. The number of benzene rings is 2. The molecular weight excluding hydrogens is 272 g/mol. The highest BCUT2D eigenvalue weighted by Gasteiger charge is 2.20. The summed E-state index contributed by atoms with van der Waals surface area (Å²) < 4.78 is 0. The molecule has 0 radical (unpaired) electrons. The maximum atomic E-state index is 10.3. The fourth-order valence-corrected chi connectivity index (χ4v) is 2.43. The molecule has 0 bridgehead atoms. The zero-order chi connectivity index (χ0) is 16.7. The summed E-state index contributed by atoms with van der Waals surface area (Å²) in [5.74, 6) is -0.123. The summed E-state index contributed by atoms with van der Waals surface area (Å²) in [7, 11) is 0. The van der Waals surface area contributed by atoms with Crippen LogP contribution in [0, 0.1) is 0 Å². The van der Waals surface area contributed by atoms with Crippen molar-refractivity contribution in [3.63, 3.8) is 0 Å². The SMILES string of the molecule is CC(C)(C)c1cccc(-c2cc(C(C)(C)C)cc(O)c2O)c1. The van der Waals surface area contributed by atoms with E-state index in [2.05, 4.69) is 53.7 Å². The van der Waals surface area contributed by atoms with Gasteiger partial charge in [-0.15, -0.1) is 0 Å². The molecule has 0 saturated heterocycles. The maximum absolute atomic E-state index is 10.3. The molecule has 0 spiro atoms. The molecule has 2 aromatic rings. The smallest absolute Gasteiger partial charge is 0.165 e. The van der Waals surface area contributed by atoms with E-state index >= 15 is 0 Å². The van der Waals surface area contributed by atoms with Gasteiger partial charge in [-0.25, -0.2) is 0 Å². The molecule has 2 heteroatoms. The first-order valence-electron chi connectivity index (χ1n) is 7.67. The predicted octanol–water partition coefficient (Wildman–Crippen LogP) is 5.36. The van der Waals surface area contributed by atoms with Gasteiger partial charge in [0.05, 0.1) is 0 Å². The van der Waals surface area contributed by atoms with E-state index < -0.39 is 0 Å². The second kappa shape index (κ2) is 5.35. The molecule has 0 aliphatic rings. The first-order valence-corrected chi connectivity index (χ1v) is 7.67. The number of phenols is 2. The Labute approximate surface area is 133 Å². The van der Waals surface area contributed by atoms with Crippen molar-refractivity contribution in [1.29, 1.82) is 0 Å². The van der Waals surface area contributed by atoms with Gasteiger partial charge >= 0.3 is 0 Å². The Morgan fingerprint density at radius 1 is 0.727 bits per heavy atom. The van der Waals surface area contributed by atoms with Gasteiger partial charge in [-0.2, -0.15) is 0 Å². The van der Waals surface area contributed by atoms with Crippen molar-refractivity contribution in [2.45, 2.75) is 52.4 Å². The number of aromatic hydroxyl groups is 2. The van der Waals surface area contributed by atoms with Crippen LogP contribution in [0.25, 0.3) is 11.1 Å². The number of phenolic OH excluding ortho intramolecular Hbond substituents is 2. The highest BCUT2D eigenvalue weighted by Crippen LogP contribution is 2.41. The molecule has 0 aliphatic heterocycles. The van der Waals surface area contributed by atoms with Crippen molar-refractivity contribution in [3.8, 4) is 22.6 Å². The van der Waals surface area contributed by atoms with Crippen molar-refractivity contribution >= 4 is 0 Å². The Morgan fingerprint density at radius 3 is 1.86 bits per heavy atom. The fourth-order valence-electron chi connectivity index (χ4n) is 2.43. The van der Waals surface area contributed by atoms with Gasteiger partial charge in [0.15, 0.2) is 11.5 Å². The Kier molecular flexibility index (Phi) is 3.99. The van der Waals surface area contributed by atoms with Gasteiger partial charge in [-0.05, 0) is 39.7 Å². The third kappa shape index (κ3) is 3.27. The predicted molar refractivity (Wildman–Crippen MR) is 92.6 cm³/mol. The Hall–Kier alpha value is -1.96. The van der Waals surface area contributed by atoms with Crippen LogP contribution in [0.2, 0.25) is 0 Å². The van der Waals surface area contributed by atoms with Crippen molar-refractivity contribution in [2.24, 2.45) is 0 Å². The minimum atomic E-state index is -0.0957. The lowest BCUT2D eigenvalue weighted by Gasteiger charge is -2.22. The molecule has 0 heterocycles. The Balaban J connectivity index is 2.65. The van der Waals surface area contributed by atoms with Crippen molar-refractivity contribution in [3.05, 3.63) is 47.5 Å². The fraction of sp³-hybridized carbons (Fsp3) is 0.400. The topological polar surface area (TPSA) is 40.5 Å². The Morgan fingerprint density at radius 2 is 1.32 bits per heavy atom. The molecule has 118 valence electrons.